The van der Waals surface area contributed by atoms with Crippen LogP contribution in [0.25, 0.3) is 11.2 Å². The van der Waals surface area contributed by atoms with Crippen LogP contribution in [0, 0.1) is 0 Å². The zero-order valence-electron chi connectivity index (χ0n) is 24.7. The van der Waals surface area contributed by atoms with E-state index in [1.165, 1.54) is 6.33 Å². The summed E-state index contributed by atoms with van der Waals surface area (Å²) in [7, 11) is -5.71. The SMILES string of the molecule is CCCC(=O)O[C@@H]1[C@@H]2O[Si](C(C)C)(C(C)C)O[Si](C(C)C)(C(C)C)OC[C@H]2O[C@H]1n1cnc2c(N)ncnc21. The van der Waals surface area contributed by atoms with E-state index in [9.17, 15) is 4.79 Å². The third-order valence-corrected chi connectivity index (χ3v) is 18.2. The van der Waals surface area contributed by atoms with E-state index in [0.29, 0.717) is 24.0 Å². The number of nitrogens with zero attached hydrogens (tertiary/aromatic N) is 4. The summed E-state index contributed by atoms with van der Waals surface area (Å²) in [6.07, 6.45) is 1.39. The van der Waals surface area contributed by atoms with Gasteiger partial charge in [0, 0.05) is 6.42 Å². The Morgan fingerprint density at radius 2 is 1.69 bits per heavy atom. The van der Waals surface area contributed by atoms with Gasteiger partial charge >= 0.3 is 23.1 Å². The number of carbonyl (C=O) groups excluding carboxylic acids is 1. The molecule has 218 valence electrons. The minimum absolute atomic E-state index is 0.122. The van der Waals surface area contributed by atoms with E-state index in [0.717, 1.165) is 0 Å². The second kappa shape index (κ2) is 11.5. The molecule has 0 saturated carbocycles. The summed E-state index contributed by atoms with van der Waals surface area (Å²) in [5.74, 6) is -0.0387. The van der Waals surface area contributed by atoms with Gasteiger partial charge in [-0.25, -0.2) is 15.0 Å². The summed E-state index contributed by atoms with van der Waals surface area (Å²) in [6, 6.07) is 0. The molecule has 4 atom stereocenters. The third kappa shape index (κ3) is 5.29. The zero-order chi connectivity index (χ0) is 28.7. The van der Waals surface area contributed by atoms with Gasteiger partial charge in [0.05, 0.1) is 12.9 Å². The van der Waals surface area contributed by atoms with Crippen molar-refractivity contribution >= 4 is 40.1 Å². The second-order valence-corrected chi connectivity index (χ2v) is 20.8. The van der Waals surface area contributed by atoms with Crippen LogP contribution in [-0.4, -0.2) is 67.5 Å². The van der Waals surface area contributed by atoms with Gasteiger partial charge < -0.3 is 28.2 Å². The van der Waals surface area contributed by atoms with Crippen molar-refractivity contribution < 1.29 is 27.2 Å². The minimum atomic E-state index is -2.96. The van der Waals surface area contributed by atoms with E-state index in [1.807, 2.05) is 6.92 Å². The van der Waals surface area contributed by atoms with Gasteiger partial charge in [0.15, 0.2) is 23.8 Å². The smallest absolute Gasteiger partial charge is 0.335 e. The molecule has 39 heavy (non-hydrogen) atoms. The fourth-order valence-electron chi connectivity index (χ4n) is 5.94. The Kier molecular flexibility index (Phi) is 8.89. The van der Waals surface area contributed by atoms with Gasteiger partial charge in [-0.2, -0.15) is 0 Å². The minimum Gasteiger partial charge on any atom is -0.455 e. The van der Waals surface area contributed by atoms with Gasteiger partial charge in [-0.3, -0.25) is 9.36 Å². The number of aromatic nitrogens is 4. The van der Waals surface area contributed by atoms with Gasteiger partial charge in [0.2, 0.25) is 0 Å². The van der Waals surface area contributed by atoms with Crippen LogP contribution < -0.4 is 5.73 Å². The van der Waals surface area contributed by atoms with Crippen LogP contribution in [0.1, 0.15) is 81.4 Å². The van der Waals surface area contributed by atoms with Crippen LogP contribution in [-0.2, 0) is 27.2 Å². The van der Waals surface area contributed by atoms with Crippen molar-refractivity contribution in [1.29, 1.82) is 0 Å². The van der Waals surface area contributed by atoms with E-state index < -0.39 is 41.7 Å². The van der Waals surface area contributed by atoms with Crippen molar-refractivity contribution in [2.45, 2.75) is 122 Å². The number of nitrogens with two attached hydrogens (primary N) is 1. The van der Waals surface area contributed by atoms with E-state index in [-0.39, 0.29) is 40.6 Å². The summed E-state index contributed by atoms with van der Waals surface area (Å²) in [6.45, 7) is 19.6. The number of hydrogen-bond acceptors (Lipinski definition) is 10. The van der Waals surface area contributed by atoms with Crippen LogP contribution in [0.3, 0.4) is 0 Å². The summed E-state index contributed by atoms with van der Waals surface area (Å²) in [5, 5.41) is 0. The molecule has 2 aromatic rings. The van der Waals surface area contributed by atoms with Crippen molar-refractivity contribution in [2.75, 3.05) is 12.3 Å². The number of imidazole rings is 1. The first-order valence-electron chi connectivity index (χ1n) is 14.2. The maximum Gasteiger partial charge on any atom is 0.335 e. The first-order chi connectivity index (χ1) is 18.4. The number of fused-ring (bicyclic) bond motifs is 2. The molecule has 0 spiro atoms. The number of ether oxygens (including phenoxy) is 2. The average Bonchev–Trinajstić information content (AvgIpc) is 3.41. The van der Waals surface area contributed by atoms with Gasteiger partial charge in [-0.1, -0.05) is 62.3 Å². The molecule has 4 rings (SSSR count). The summed E-state index contributed by atoms with van der Waals surface area (Å²) < 4.78 is 36.0. The number of nitrogen functional groups attached to an aromatic ring is 1. The molecule has 4 heterocycles. The Balaban J connectivity index is 1.84. The van der Waals surface area contributed by atoms with Gasteiger partial charge in [-0.15, -0.1) is 0 Å². The van der Waals surface area contributed by atoms with Crippen molar-refractivity contribution in [3.63, 3.8) is 0 Å². The van der Waals surface area contributed by atoms with Crippen molar-refractivity contribution in [2.24, 2.45) is 0 Å². The molecule has 2 N–H and O–H groups in total. The standard InChI is InChI=1S/C26H45N5O6Si2/c1-10-11-20(32)35-23-22-19(34-26(23)31-14-30-21-24(27)28-13-29-25(21)31)12-33-38(15(2)3,16(4)5)37-39(36-22,17(6)7)18(8)9/h13-19,22-23,26H,10-12H2,1-9H3,(H2,27,28,29)/t19-,22-,23-,26-/m1/s1. The molecule has 0 aliphatic carbocycles. The van der Waals surface area contributed by atoms with Crippen molar-refractivity contribution in [3.05, 3.63) is 12.7 Å². The van der Waals surface area contributed by atoms with Crippen LogP contribution in [0.5, 0.6) is 0 Å². The van der Waals surface area contributed by atoms with Crippen molar-refractivity contribution in [1.82, 2.24) is 19.5 Å². The molecule has 0 bridgehead atoms. The van der Waals surface area contributed by atoms with Gasteiger partial charge in [0.1, 0.15) is 24.1 Å². The Bertz CT molecular complexity index is 1140. The zero-order valence-corrected chi connectivity index (χ0v) is 26.7. The van der Waals surface area contributed by atoms with E-state index >= 15 is 0 Å². The van der Waals surface area contributed by atoms with E-state index in [4.69, 9.17) is 28.2 Å². The predicted molar refractivity (Wildman–Crippen MR) is 152 cm³/mol. The molecule has 13 heteroatoms. The summed E-state index contributed by atoms with van der Waals surface area (Å²) in [4.78, 5) is 25.8. The third-order valence-electron chi connectivity index (χ3n) is 8.00. The van der Waals surface area contributed by atoms with E-state index in [2.05, 4.69) is 70.3 Å². The molecular formula is C26H45N5O6Si2. The second-order valence-electron chi connectivity index (χ2n) is 11.9. The highest BCUT2D eigenvalue weighted by Crippen LogP contribution is 2.49. The number of hydrogen-bond donors (Lipinski definition) is 1. The molecule has 2 aliphatic heterocycles. The summed E-state index contributed by atoms with van der Waals surface area (Å²) in [5.41, 5.74) is 7.68. The largest absolute Gasteiger partial charge is 0.455 e. The summed E-state index contributed by atoms with van der Waals surface area (Å²) >= 11 is 0. The van der Waals surface area contributed by atoms with Crippen LogP contribution in [0.2, 0.25) is 22.2 Å². The predicted octanol–water partition coefficient (Wildman–Crippen LogP) is 4.97. The quantitative estimate of drug-likeness (QED) is 0.337. The molecule has 2 saturated heterocycles. The Morgan fingerprint density at radius 1 is 1.05 bits per heavy atom. The van der Waals surface area contributed by atoms with Crippen LogP contribution in [0.4, 0.5) is 5.82 Å². The molecule has 0 aromatic carbocycles. The lowest BCUT2D eigenvalue weighted by Crippen LogP contribution is -2.66. The highest BCUT2D eigenvalue weighted by molar-refractivity contribution is 6.84. The lowest BCUT2D eigenvalue weighted by Gasteiger charge is -2.51. The topological polar surface area (TPSA) is 133 Å². The van der Waals surface area contributed by atoms with Crippen LogP contribution in [0.15, 0.2) is 12.7 Å². The number of rotatable bonds is 8. The first kappa shape index (κ1) is 30.1. The highest BCUT2D eigenvalue weighted by atomic mass is 28.5. The van der Waals surface area contributed by atoms with Crippen LogP contribution >= 0.6 is 0 Å². The number of esters is 1. The number of anilines is 1. The maximum absolute atomic E-state index is 12.9. The average molecular weight is 580 g/mol. The molecule has 0 radical (unpaired) electrons. The first-order valence-corrected chi connectivity index (χ1v) is 18.1. The molecule has 11 nitrogen and oxygen atoms in total. The fraction of sp³-hybridized carbons (Fsp3) is 0.769. The van der Waals surface area contributed by atoms with Gasteiger partial charge in [-0.05, 0) is 28.6 Å². The molecule has 2 aliphatic rings. The van der Waals surface area contributed by atoms with Crippen molar-refractivity contribution in [3.8, 4) is 0 Å². The monoisotopic (exact) mass is 579 g/mol. The van der Waals surface area contributed by atoms with Gasteiger partial charge in [0.25, 0.3) is 0 Å². The van der Waals surface area contributed by atoms with E-state index in [1.54, 1.807) is 10.9 Å². The lowest BCUT2D eigenvalue weighted by molar-refractivity contribution is -0.158. The maximum atomic E-state index is 12.9. The molecule has 2 fully saturated rings. The molecule has 2 aromatic heterocycles. The normalized spacial score (nSPS) is 26.8. The highest BCUT2D eigenvalue weighted by Gasteiger charge is 2.62. The number of carbonyl (C=O) groups is 1. The Hall–Kier alpha value is -1.91. The Morgan fingerprint density at radius 3 is 2.28 bits per heavy atom. The molecular weight excluding hydrogens is 534 g/mol. The lowest BCUT2D eigenvalue weighted by atomic mass is 10.1. The molecule has 0 unspecified atom stereocenters. The Labute approximate surface area is 233 Å². The molecule has 0 amide bonds. The fourth-order valence-corrected chi connectivity index (χ4v) is 17.2.